The summed E-state index contributed by atoms with van der Waals surface area (Å²) in [4.78, 5) is 17.4. The van der Waals surface area contributed by atoms with Crippen LogP contribution in [-0.2, 0) is 14.6 Å². The Bertz CT molecular complexity index is 1360. The third-order valence-corrected chi connectivity index (χ3v) is 6.71. The minimum absolute atomic E-state index is 0.0295. The standard InChI is InChI=1S/C23H22N4O5S2/c1-14-4-9-19(15(2)12-14)32-11-10-31-17-7-5-16(6-8-17)13-18-20(24)27-22(25-21(18)28)33-26-23(27)34(3,29)30/h4-9,12-13,24H,10-11H2,1-3H3/b18-13-,24-20?. The molecule has 0 fully saturated rings. The maximum absolute atomic E-state index is 12.4. The van der Waals surface area contributed by atoms with Gasteiger partial charge in [0.1, 0.15) is 30.5 Å². The van der Waals surface area contributed by atoms with Gasteiger partial charge in [-0.15, -0.1) is 0 Å². The molecular weight excluding hydrogens is 476 g/mol. The fourth-order valence-electron chi connectivity index (χ4n) is 3.34. The van der Waals surface area contributed by atoms with Crippen molar-refractivity contribution in [2.75, 3.05) is 19.5 Å². The number of ether oxygens (including phenoxy) is 2. The summed E-state index contributed by atoms with van der Waals surface area (Å²) in [5.41, 5.74) is 2.85. The van der Waals surface area contributed by atoms with Crippen LogP contribution in [0.1, 0.15) is 16.7 Å². The van der Waals surface area contributed by atoms with E-state index in [1.54, 1.807) is 24.3 Å². The second kappa shape index (κ2) is 9.43. The molecule has 0 atom stereocenters. The molecule has 176 valence electrons. The fraction of sp³-hybridized carbons (Fsp3) is 0.217. The third-order valence-electron chi connectivity index (χ3n) is 4.96. The predicted octanol–water partition coefficient (Wildman–Crippen LogP) is 3.38. The van der Waals surface area contributed by atoms with E-state index in [9.17, 15) is 13.2 Å². The van der Waals surface area contributed by atoms with Crippen LogP contribution in [-0.4, -0.2) is 54.9 Å². The summed E-state index contributed by atoms with van der Waals surface area (Å²) in [7, 11) is -3.69. The molecule has 0 aromatic heterocycles. The number of nitrogens with zero attached hydrogens (tertiary/aromatic N) is 3. The maximum atomic E-state index is 12.4. The molecule has 0 saturated carbocycles. The van der Waals surface area contributed by atoms with Gasteiger partial charge in [0.05, 0.1) is 17.5 Å². The lowest BCUT2D eigenvalue weighted by molar-refractivity contribution is -0.114. The van der Waals surface area contributed by atoms with Gasteiger partial charge in [0.15, 0.2) is 0 Å². The first-order valence-corrected chi connectivity index (χ1v) is 12.9. The van der Waals surface area contributed by atoms with Crippen molar-refractivity contribution in [1.29, 1.82) is 5.41 Å². The Balaban J connectivity index is 1.40. The molecule has 0 unspecified atom stereocenters. The van der Waals surface area contributed by atoms with E-state index in [2.05, 4.69) is 15.5 Å². The summed E-state index contributed by atoms with van der Waals surface area (Å²) in [5, 5.41) is 8.12. The highest BCUT2D eigenvalue weighted by molar-refractivity contribution is 8.16. The van der Waals surface area contributed by atoms with Crippen molar-refractivity contribution < 1.29 is 22.7 Å². The first-order valence-electron chi connectivity index (χ1n) is 10.3. The molecule has 9 nitrogen and oxygen atoms in total. The zero-order valence-electron chi connectivity index (χ0n) is 18.7. The summed E-state index contributed by atoms with van der Waals surface area (Å²) in [5.74, 6) is 0.534. The fourth-order valence-corrected chi connectivity index (χ4v) is 5.18. The third kappa shape index (κ3) is 5.05. The number of benzene rings is 2. The van der Waals surface area contributed by atoms with E-state index < -0.39 is 15.7 Å². The second-order valence-corrected chi connectivity index (χ2v) is 10.4. The maximum Gasteiger partial charge on any atom is 0.283 e. The largest absolute Gasteiger partial charge is 0.490 e. The Kier molecular flexibility index (Phi) is 6.58. The Morgan fingerprint density at radius 1 is 1.09 bits per heavy atom. The van der Waals surface area contributed by atoms with E-state index in [0.717, 1.165) is 34.4 Å². The minimum Gasteiger partial charge on any atom is -0.490 e. The van der Waals surface area contributed by atoms with Crippen LogP contribution in [0.5, 0.6) is 11.5 Å². The molecular formula is C23H22N4O5S2. The second-order valence-electron chi connectivity index (χ2n) is 7.71. The highest BCUT2D eigenvalue weighted by Crippen LogP contribution is 2.30. The number of rotatable bonds is 6. The Morgan fingerprint density at radius 2 is 1.79 bits per heavy atom. The zero-order chi connectivity index (χ0) is 24.5. The van der Waals surface area contributed by atoms with Crippen LogP contribution in [0.3, 0.4) is 0 Å². The van der Waals surface area contributed by atoms with Gasteiger partial charge in [-0.1, -0.05) is 29.8 Å². The number of sulfone groups is 1. The minimum atomic E-state index is -3.69. The molecule has 1 amide bonds. The topological polar surface area (TPSA) is 121 Å². The quantitative estimate of drug-likeness (QED) is 0.368. The zero-order valence-corrected chi connectivity index (χ0v) is 20.4. The lowest BCUT2D eigenvalue weighted by atomic mass is 10.1. The summed E-state index contributed by atoms with van der Waals surface area (Å²) in [6, 6.07) is 12.9. The van der Waals surface area contributed by atoms with E-state index in [-0.39, 0.29) is 21.7 Å². The van der Waals surface area contributed by atoms with Gasteiger partial charge >= 0.3 is 0 Å². The van der Waals surface area contributed by atoms with Gasteiger partial charge in [0, 0.05) is 6.26 Å². The lowest BCUT2D eigenvalue weighted by Gasteiger charge is -2.23. The van der Waals surface area contributed by atoms with Crippen molar-refractivity contribution in [3.05, 3.63) is 64.7 Å². The van der Waals surface area contributed by atoms with E-state index in [0.29, 0.717) is 24.5 Å². The van der Waals surface area contributed by atoms with Crippen LogP contribution in [0.25, 0.3) is 6.08 Å². The highest BCUT2D eigenvalue weighted by atomic mass is 32.2. The van der Waals surface area contributed by atoms with Gasteiger partial charge < -0.3 is 9.47 Å². The molecule has 1 N–H and O–H groups in total. The van der Waals surface area contributed by atoms with Gasteiger partial charge in [0.2, 0.25) is 20.2 Å². The molecule has 0 aliphatic carbocycles. The van der Waals surface area contributed by atoms with E-state index in [4.69, 9.17) is 14.9 Å². The normalized spacial score (nSPS) is 16.9. The average Bonchev–Trinajstić information content (AvgIpc) is 3.21. The number of carbonyl (C=O) groups is 1. The SMILES string of the molecule is Cc1ccc(OCCOc2ccc(/C=C3/C(=N)N4C(=NC3=O)SN=C4S(C)(=O)=O)cc2)c(C)c1. The molecule has 4 rings (SSSR count). The van der Waals surface area contributed by atoms with Gasteiger partial charge in [-0.2, -0.15) is 9.39 Å². The lowest BCUT2D eigenvalue weighted by Crippen LogP contribution is -2.45. The summed E-state index contributed by atoms with van der Waals surface area (Å²) in [6.45, 7) is 4.77. The predicted molar refractivity (Wildman–Crippen MR) is 133 cm³/mol. The van der Waals surface area contributed by atoms with Crippen LogP contribution in [0.2, 0.25) is 0 Å². The van der Waals surface area contributed by atoms with Crippen molar-refractivity contribution in [3.63, 3.8) is 0 Å². The molecule has 2 aliphatic rings. The number of carbonyl (C=O) groups excluding carboxylic acids is 1. The molecule has 0 spiro atoms. The van der Waals surface area contributed by atoms with Crippen molar-refractivity contribution >= 4 is 49.9 Å². The van der Waals surface area contributed by atoms with Crippen molar-refractivity contribution in [3.8, 4) is 11.5 Å². The first kappa shape index (κ1) is 23.7. The number of hydrogen-bond donors (Lipinski definition) is 1. The van der Waals surface area contributed by atoms with E-state index >= 15 is 0 Å². The molecule has 2 aliphatic heterocycles. The first-order chi connectivity index (χ1) is 16.1. The Labute approximate surface area is 201 Å². The number of aliphatic imine (C=N–C) groups is 1. The molecule has 11 heteroatoms. The molecule has 0 saturated heterocycles. The van der Waals surface area contributed by atoms with Crippen molar-refractivity contribution in [2.24, 2.45) is 9.39 Å². The van der Waals surface area contributed by atoms with Crippen LogP contribution in [0.15, 0.2) is 57.4 Å². The van der Waals surface area contributed by atoms with Gasteiger partial charge in [0.25, 0.3) is 5.91 Å². The summed E-state index contributed by atoms with van der Waals surface area (Å²) >= 11 is 0.757. The highest BCUT2D eigenvalue weighted by Gasteiger charge is 2.41. The number of nitrogens with one attached hydrogen (secondary N) is 1. The van der Waals surface area contributed by atoms with Crippen LogP contribution >= 0.6 is 11.9 Å². The average molecular weight is 499 g/mol. The molecule has 2 heterocycles. The number of amides is 1. The van der Waals surface area contributed by atoms with Crippen molar-refractivity contribution in [1.82, 2.24) is 4.90 Å². The molecule has 34 heavy (non-hydrogen) atoms. The Morgan fingerprint density at radius 3 is 2.47 bits per heavy atom. The number of aryl methyl sites for hydroxylation is 2. The van der Waals surface area contributed by atoms with Gasteiger partial charge in [-0.3, -0.25) is 10.2 Å². The summed E-state index contributed by atoms with van der Waals surface area (Å²) in [6.07, 6.45) is 2.48. The summed E-state index contributed by atoms with van der Waals surface area (Å²) < 4.78 is 39.3. The van der Waals surface area contributed by atoms with Crippen LogP contribution < -0.4 is 9.47 Å². The van der Waals surface area contributed by atoms with Crippen LogP contribution in [0.4, 0.5) is 0 Å². The van der Waals surface area contributed by atoms with Crippen molar-refractivity contribution in [2.45, 2.75) is 13.8 Å². The van der Waals surface area contributed by atoms with Gasteiger partial charge in [-0.05, 0) is 49.2 Å². The van der Waals surface area contributed by atoms with Gasteiger partial charge in [-0.25, -0.2) is 13.3 Å². The molecule has 2 aromatic carbocycles. The van der Waals surface area contributed by atoms with Crippen LogP contribution in [0, 0.1) is 19.3 Å². The smallest absolute Gasteiger partial charge is 0.283 e. The Hall–Kier alpha value is -3.44. The van der Waals surface area contributed by atoms with E-state index in [1.807, 2.05) is 26.0 Å². The number of fused-ring (bicyclic) bond motifs is 1. The molecule has 0 radical (unpaired) electrons. The molecule has 2 aromatic rings. The van der Waals surface area contributed by atoms with E-state index in [1.165, 1.54) is 11.6 Å². The monoisotopic (exact) mass is 498 g/mol. The molecule has 0 bridgehead atoms. The number of hydrogen-bond acceptors (Lipinski definition) is 8. The number of amidine groups is 3.